The summed E-state index contributed by atoms with van der Waals surface area (Å²) >= 11 is 0. The fraction of sp³-hybridized carbons (Fsp3) is 0.286. The number of anilines is 1. The van der Waals surface area contributed by atoms with Crippen LogP contribution in [0.1, 0.15) is 24.0 Å². The minimum Gasteiger partial charge on any atom is -0.335 e. The Bertz CT molecular complexity index is 589. The minimum absolute atomic E-state index is 0.391. The summed E-state index contributed by atoms with van der Waals surface area (Å²) < 4.78 is 0. The zero-order valence-electron chi connectivity index (χ0n) is 11.0. The zero-order valence-corrected chi connectivity index (χ0v) is 11.0. The van der Waals surface area contributed by atoms with Gasteiger partial charge in [0.15, 0.2) is 0 Å². The van der Waals surface area contributed by atoms with Crippen molar-refractivity contribution in [2.75, 3.05) is 11.4 Å². The van der Waals surface area contributed by atoms with Gasteiger partial charge in [-0.05, 0) is 32.0 Å². The molecule has 5 heteroatoms. The standard InChI is InChI=1S/C14H15N5/c1-3-19(10-12-6-4-5-7-16-12)14-17-11(2)8-13(9-15)18-14/h4-8H,3,10H2,1-2H3. The molecule has 0 saturated heterocycles. The number of hydrogen-bond donors (Lipinski definition) is 0. The second-order valence-corrected chi connectivity index (χ2v) is 4.14. The highest BCUT2D eigenvalue weighted by molar-refractivity contribution is 5.36. The fourth-order valence-corrected chi connectivity index (χ4v) is 1.76. The maximum Gasteiger partial charge on any atom is 0.227 e. The van der Waals surface area contributed by atoms with Crippen LogP contribution in [0.3, 0.4) is 0 Å². The van der Waals surface area contributed by atoms with Crippen molar-refractivity contribution < 1.29 is 0 Å². The lowest BCUT2D eigenvalue weighted by molar-refractivity contribution is 0.769. The van der Waals surface area contributed by atoms with E-state index in [1.807, 2.05) is 36.9 Å². The molecule has 2 rings (SSSR count). The van der Waals surface area contributed by atoms with Gasteiger partial charge in [0.05, 0.1) is 12.2 Å². The van der Waals surface area contributed by atoms with Crippen LogP contribution in [0.4, 0.5) is 5.95 Å². The van der Waals surface area contributed by atoms with Gasteiger partial charge in [-0.2, -0.15) is 5.26 Å². The molecular formula is C14H15N5. The highest BCUT2D eigenvalue weighted by Gasteiger charge is 2.10. The van der Waals surface area contributed by atoms with Crippen molar-refractivity contribution in [2.45, 2.75) is 20.4 Å². The first-order chi connectivity index (χ1) is 9.22. The van der Waals surface area contributed by atoms with E-state index in [-0.39, 0.29) is 0 Å². The van der Waals surface area contributed by atoms with Crippen molar-refractivity contribution in [1.82, 2.24) is 15.0 Å². The largest absolute Gasteiger partial charge is 0.335 e. The maximum atomic E-state index is 8.96. The zero-order chi connectivity index (χ0) is 13.7. The van der Waals surface area contributed by atoms with Crippen LogP contribution in [0.15, 0.2) is 30.5 Å². The van der Waals surface area contributed by atoms with Crippen LogP contribution in [0.25, 0.3) is 0 Å². The molecule has 5 nitrogen and oxygen atoms in total. The molecule has 2 aromatic rings. The van der Waals surface area contributed by atoms with Crippen molar-refractivity contribution in [3.8, 4) is 6.07 Å². The summed E-state index contributed by atoms with van der Waals surface area (Å²) in [5, 5.41) is 8.96. The highest BCUT2D eigenvalue weighted by atomic mass is 15.2. The predicted octanol–water partition coefficient (Wildman–Crippen LogP) is 2.08. The van der Waals surface area contributed by atoms with E-state index in [1.54, 1.807) is 12.3 Å². The van der Waals surface area contributed by atoms with E-state index in [0.29, 0.717) is 18.2 Å². The molecule has 0 saturated carbocycles. The molecule has 0 radical (unpaired) electrons. The van der Waals surface area contributed by atoms with Crippen LogP contribution in [-0.4, -0.2) is 21.5 Å². The Morgan fingerprint density at radius 3 is 2.79 bits per heavy atom. The Balaban J connectivity index is 2.27. The van der Waals surface area contributed by atoms with Crippen LogP contribution in [0.2, 0.25) is 0 Å². The van der Waals surface area contributed by atoms with Crippen LogP contribution in [0, 0.1) is 18.3 Å². The molecule has 0 bridgehead atoms. The topological polar surface area (TPSA) is 65.7 Å². The number of nitrogens with zero attached hydrogens (tertiary/aromatic N) is 5. The van der Waals surface area contributed by atoms with Crippen molar-refractivity contribution in [3.63, 3.8) is 0 Å². The molecule has 0 atom stereocenters. The summed E-state index contributed by atoms with van der Waals surface area (Å²) in [6.07, 6.45) is 1.76. The van der Waals surface area contributed by atoms with Crippen LogP contribution in [-0.2, 0) is 6.54 Å². The number of nitriles is 1. The molecule has 96 valence electrons. The molecule has 0 unspecified atom stereocenters. The summed E-state index contributed by atoms with van der Waals surface area (Å²) in [5.41, 5.74) is 2.14. The molecule has 0 spiro atoms. The number of aromatic nitrogens is 3. The second-order valence-electron chi connectivity index (χ2n) is 4.14. The van der Waals surface area contributed by atoms with Gasteiger partial charge >= 0.3 is 0 Å². The minimum atomic E-state index is 0.391. The van der Waals surface area contributed by atoms with Gasteiger partial charge in [-0.25, -0.2) is 9.97 Å². The van der Waals surface area contributed by atoms with Gasteiger partial charge in [-0.3, -0.25) is 4.98 Å². The average molecular weight is 253 g/mol. The predicted molar refractivity (Wildman–Crippen MR) is 72.4 cm³/mol. The summed E-state index contributed by atoms with van der Waals surface area (Å²) in [6.45, 7) is 5.28. The lowest BCUT2D eigenvalue weighted by Crippen LogP contribution is -2.25. The summed E-state index contributed by atoms with van der Waals surface area (Å²) in [7, 11) is 0. The first-order valence-corrected chi connectivity index (χ1v) is 6.13. The molecule has 2 aromatic heterocycles. The Hall–Kier alpha value is -2.48. The van der Waals surface area contributed by atoms with Crippen molar-refractivity contribution >= 4 is 5.95 Å². The number of rotatable bonds is 4. The van der Waals surface area contributed by atoms with E-state index in [1.165, 1.54) is 0 Å². The molecule has 0 N–H and O–H groups in total. The quantitative estimate of drug-likeness (QED) is 0.834. The van der Waals surface area contributed by atoms with Crippen molar-refractivity contribution in [2.24, 2.45) is 0 Å². The fourth-order valence-electron chi connectivity index (χ4n) is 1.76. The summed E-state index contributed by atoms with van der Waals surface area (Å²) in [6, 6.07) is 9.54. The molecular weight excluding hydrogens is 238 g/mol. The lowest BCUT2D eigenvalue weighted by Gasteiger charge is -2.20. The Kier molecular flexibility index (Phi) is 4.04. The van der Waals surface area contributed by atoms with Gasteiger partial charge in [-0.1, -0.05) is 6.07 Å². The Labute approximate surface area is 112 Å². The van der Waals surface area contributed by atoms with E-state index >= 15 is 0 Å². The molecule has 0 fully saturated rings. The Morgan fingerprint density at radius 2 is 2.16 bits per heavy atom. The van der Waals surface area contributed by atoms with Gasteiger partial charge in [0.25, 0.3) is 0 Å². The lowest BCUT2D eigenvalue weighted by atomic mass is 10.3. The third kappa shape index (κ3) is 3.26. The van der Waals surface area contributed by atoms with E-state index in [0.717, 1.165) is 17.9 Å². The summed E-state index contributed by atoms with van der Waals surface area (Å²) in [4.78, 5) is 14.9. The third-order valence-electron chi connectivity index (χ3n) is 2.70. The molecule has 0 aliphatic carbocycles. The van der Waals surface area contributed by atoms with Gasteiger partial charge < -0.3 is 4.90 Å². The van der Waals surface area contributed by atoms with Crippen molar-refractivity contribution in [1.29, 1.82) is 5.26 Å². The number of aryl methyl sites for hydroxylation is 1. The van der Waals surface area contributed by atoms with Crippen LogP contribution < -0.4 is 4.90 Å². The van der Waals surface area contributed by atoms with Crippen LogP contribution >= 0.6 is 0 Å². The monoisotopic (exact) mass is 253 g/mol. The van der Waals surface area contributed by atoms with Gasteiger partial charge in [0.2, 0.25) is 5.95 Å². The van der Waals surface area contributed by atoms with E-state index in [4.69, 9.17) is 5.26 Å². The van der Waals surface area contributed by atoms with E-state index < -0.39 is 0 Å². The van der Waals surface area contributed by atoms with Crippen molar-refractivity contribution in [3.05, 3.63) is 47.5 Å². The van der Waals surface area contributed by atoms with E-state index in [9.17, 15) is 0 Å². The first kappa shape index (κ1) is 13.0. The Morgan fingerprint density at radius 1 is 1.32 bits per heavy atom. The molecule has 0 aromatic carbocycles. The summed E-state index contributed by atoms with van der Waals surface area (Å²) in [5.74, 6) is 0.574. The third-order valence-corrected chi connectivity index (χ3v) is 2.70. The molecule has 0 aliphatic rings. The molecule has 19 heavy (non-hydrogen) atoms. The van der Waals surface area contributed by atoms with Gasteiger partial charge in [0, 0.05) is 18.4 Å². The maximum absolute atomic E-state index is 8.96. The average Bonchev–Trinajstić information content (AvgIpc) is 2.45. The molecule has 0 amide bonds. The normalized spacial score (nSPS) is 9.95. The second kappa shape index (κ2) is 5.91. The number of pyridine rings is 1. The number of hydrogen-bond acceptors (Lipinski definition) is 5. The highest BCUT2D eigenvalue weighted by Crippen LogP contribution is 2.12. The SMILES string of the molecule is CCN(Cc1ccccn1)c1nc(C)cc(C#N)n1. The van der Waals surface area contributed by atoms with Gasteiger partial charge in [0.1, 0.15) is 11.8 Å². The first-order valence-electron chi connectivity index (χ1n) is 6.13. The molecule has 0 aliphatic heterocycles. The smallest absolute Gasteiger partial charge is 0.227 e. The van der Waals surface area contributed by atoms with E-state index in [2.05, 4.69) is 21.0 Å². The van der Waals surface area contributed by atoms with Gasteiger partial charge in [-0.15, -0.1) is 0 Å². The van der Waals surface area contributed by atoms with Crippen LogP contribution in [0.5, 0.6) is 0 Å². The molecule has 2 heterocycles.